The molecule has 0 fully saturated rings. The van der Waals surface area contributed by atoms with Crippen molar-refractivity contribution in [2.75, 3.05) is 7.11 Å². The third-order valence-corrected chi connectivity index (χ3v) is 3.08. The number of rotatable bonds is 2. The van der Waals surface area contributed by atoms with Crippen LogP contribution < -0.4 is 10.3 Å². The van der Waals surface area contributed by atoms with Crippen molar-refractivity contribution in [3.8, 4) is 5.88 Å². The van der Waals surface area contributed by atoms with Crippen molar-refractivity contribution >= 4 is 21.9 Å². The second-order valence-electron chi connectivity index (χ2n) is 4.57. The molecule has 3 aromatic heterocycles. The largest absolute Gasteiger partial charge is 0.481 e. The van der Waals surface area contributed by atoms with Gasteiger partial charge in [0.05, 0.1) is 12.5 Å². The third kappa shape index (κ3) is 1.60. The van der Waals surface area contributed by atoms with Gasteiger partial charge in [-0.05, 0) is 19.9 Å². The lowest BCUT2D eigenvalue weighted by Crippen LogP contribution is -2.23. The van der Waals surface area contributed by atoms with Crippen LogP contribution in [0, 0.1) is 0 Å². The predicted octanol–water partition coefficient (Wildman–Crippen LogP) is 2.13. The monoisotopic (exact) mass is 259 g/mol. The van der Waals surface area contributed by atoms with Gasteiger partial charge in [-0.3, -0.25) is 9.36 Å². The molecule has 0 N–H and O–H groups in total. The molecule has 0 saturated carbocycles. The molecule has 0 amide bonds. The Morgan fingerprint density at radius 1 is 1.32 bits per heavy atom. The van der Waals surface area contributed by atoms with Gasteiger partial charge in [0.15, 0.2) is 5.52 Å². The molecule has 0 saturated heterocycles. The van der Waals surface area contributed by atoms with Gasteiger partial charge in [0.25, 0.3) is 5.56 Å². The van der Waals surface area contributed by atoms with Gasteiger partial charge >= 0.3 is 0 Å². The van der Waals surface area contributed by atoms with Gasteiger partial charge in [-0.25, -0.2) is 0 Å². The van der Waals surface area contributed by atoms with E-state index in [1.54, 1.807) is 17.7 Å². The van der Waals surface area contributed by atoms with E-state index in [-0.39, 0.29) is 11.6 Å². The highest BCUT2D eigenvalue weighted by molar-refractivity contribution is 6.02. The summed E-state index contributed by atoms with van der Waals surface area (Å²) in [5.74, 6) is 0.470. The normalized spacial score (nSPS) is 11.6. The Labute approximate surface area is 108 Å². The average Bonchev–Trinajstić information content (AvgIpc) is 2.87. The van der Waals surface area contributed by atoms with E-state index >= 15 is 0 Å². The van der Waals surface area contributed by atoms with Gasteiger partial charge in [0, 0.05) is 17.5 Å². The molecule has 0 radical (unpaired) electrons. The second kappa shape index (κ2) is 4.08. The molecule has 98 valence electrons. The minimum absolute atomic E-state index is 0.0318. The Morgan fingerprint density at radius 3 is 2.79 bits per heavy atom. The maximum atomic E-state index is 12.4. The first kappa shape index (κ1) is 11.7. The summed E-state index contributed by atoms with van der Waals surface area (Å²) in [6, 6.07) is 3.58. The summed E-state index contributed by atoms with van der Waals surface area (Å²) in [6.45, 7) is 3.85. The highest BCUT2D eigenvalue weighted by Crippen LogP contribution is 2.24. The summed E-state index contributed by atoms with van der Waals surface area (Å²) in [7, 11) is 1.55. The first-order valence-electron chi connectivity index (χ1n) is 5.97. The maximum absolute atomic E-state index is 12.4. The van der Waals surface area contributed by atoms with E-state index in [0.717, 1.165) is 5.39 Å². The van der Waals surface area contributed by atoms with Gasteiger partial charge < -0.3 is 9.26 Å². The smallest absolute Gasteiger partial charge is 0.282 e. The van der Waals surface area contributed by atoms with E-state index in [1.165, 1.54) is 6.26 Å². The van der Waals surface area contributed by atoms with Crippen molar-refractivity contribution in [3.05, 3.63) is 28.7 Å². The lowest BCUT2D eigenvalue weighted by atomic mass is 10.2. The first-order valence-corrected chi connectivity index (χ1v) is 5.97. The summed E-state index contributed by atoms with van der Waals surface area (Å²) in [6.07, 6.45) is 1.47. The Bertz CT molecular complexity index is 817. The number of aromatic nitrogens is 3. The summed E-state index contributed by atoms with van der Waals surface area (Å²) in [5.41, 5.74) is 0.704. The molecular weight excluding hydrogens is 246 g/mol. The third-order valence-electron chi connectivity index (χ3n) is 3.08. The SMILES string of the molecule is COc1ccc2c3conc3c(=O)n(C(C)C)c2n1. The Kier molecular flexibility index (Phi) is 2.51. The molecule has 0 aliphatic carbocycles. The summed E-state index contributed by atoms with van der Waals surface area (Å²) >= 11 is 0. The molecule has 0 aliphatic rings. The van der Waals surface area contributed by atoms with Crippen LogP contribution in [0.2, 0.25) is 0 Å². The Morgan fingerprint density at radius 2 is 2.11 bits per heavy atom. The highest BCUT2D eigenvalue weighted by atomic mass is 16.5. The van der Waals surface area contributed by atoms with E-state index in [4.69, 9.17) is 9.26 Å². The number of methoxy groups -OCH3 is 1. The highest BCUT2D eigenvalue weighted by Gasteiger charge is 2.17. The zero-order chi connectivity index (χ0) is 13.6. The quantitative estimate of drug-likeness (QED) is 0.705. The molecule has 3 rings (SSSR count). The second-order valence-corrected chi connectivity index (χ2v) is 4.57. The summed E-state index contributed by atoms with van der Waals surface area (Å²) in [5, 5.41) is 5.28. The van der Waals surface area contributed by atoms with Crippen LogP contribution in [0.3, 0.4) is 0 Å². The van der Waals surface area contributed by atoms with Crippen molar-refractivity contribution in [3.63, 3.8) is 0 Å². The first-order chi connectivity index (χ1) is 9.13. The fourth-order valence-corrected chi connectivity index (χ4v) is 2.21. The topological polar surface area (TPSA) is 70.2 Å². The minimum atomic E-state index is -0.202. The number of nitrogens with zero attached hydrogens (tertiary/aromatic N) is 3. The lowest BCUT2D eigenvalue weighted by Gasteiger charge is -2.13. The van der Waals surface area contributed by atoms with Gasteiger partial charge in [-0.2, -0.15) is 4.98 Å². The molecule has 3 aromatic rings. The van der Waals surface area contributed by atoms with Gasteiger partial charge in [-0.15, -0.1) is 0 Å². The molecule has 0 spiro atoms. The van der Waals surface area contributed by atoms with E-state index in [2.05, 4.69) is 10.1 Å². The zero-order valence-electron chi connectivity index (χ0n) is 10.9. The van der Waals surface area contributed by atoms with Crippen LogP contribution in [0.25, 0.3) is 21.9 Å². The molecule has 6 nitrogen and oxygen atoms in total. The van der Waals surface area contributed by atoms with Crippen molar-refractivity contribution in [1.29, 1.82) is 0 Å². The minimum Gasteiger partial charge on any atom is -0.481 e. The molecular formula is C13H13N3O3. The van der Waals surface area contributed by atoms with Gasteiger partial charge in [0.2, 0.25) is 5.88 Å². The average molecular weight is 259 g/mol. The van der Waals surface area contributed by atoms with E-state index in [0.29, 0.717) is 22.4 Å². The van der Waals surface area contributed by atoms with E-state index in [1.807, 2.05) is 19.9 Å². The number of fused-ring (bicyclic) bond motifs is 3. The Balaban J connectivity index is 2.58. The van der Waals surface area contributed by atoms with Crippen LogP contribution in [0.4, 0.5) is 0 Å². The van der Waals surface area contributed by atoms with Crippen molar-refractivity contribution in [2.24, 2.45) is 0 Å². The fraction of sp³-hybridized carbons (Fsp3) is 0.308. The van der Waals surface area contributed by atoms with E-state index < -0.39 is 0 Å². The van der Waals surface area contributed by atoms with Gasteiger partial charge in [0.1, 0.15) is 11.9 Å². The van der Waals surface area contributed by atoms with Gasteiger partial charge in [-0.1, -0.05) is 5.16 Å². The molecule has 0 aliphatic heterocycles. The number of hydrogen-bond acceptors (Lipinski definition) is 5. The van der Waals surface area contributed by atoms with Crippen LogP contribution in [0.5, 0.6) is 5.88 Å². The Hall–Kier alpha value is -2.37. The maximum Gasteiger partial charge on any atom is 0.282 e. The molecule has 0 unspecified atom stereocenters. The molecule has 0 bridgehead atoms. The van der Waals surface area contributed by atoms with Crippen molar-refractivity contribution in [1.82, 2.24) is 14.7 Å². The van der Waals surface area contributed by atoms with Crippen molar-refractivity contribution in [2.45, 2.75) is 19.9 Å². The molecule has 6 heteroatoms. The molecule has 0 atom stereocenters. The van der Waals surface area contributed by atoms with Crippen molar-refractivity contribution < 1.29 is 9.26 Å². The molecule has 3 heterocycles. The molecule has 0 aromatic carbocycles. The number of ether oxygens (including phenoxy) is 1. The fourth-order valence-electron chi connectivity index (χ4n) is 2.21. The van der Waals surface area contributed by atoms with E-state index in [9.17, 15) is 4.79 Å². The lowest BCUT2D eigenvalue weighted by molar-refractivity contribution is 0.398. The predicted molar refractivity (Wildman–Crippen MR) is 70.5 cm³/mol. The van der Waals surface area contributed by atoms with Crippen LogP contribution >= 0.6 is 0 Å². The van der Waals surface area contributed by atoms with Crippen LogP contribution in [-0.4, -0.2) is 21.8 Å². The number of pyridine rings is 2. The number of hydrogen-bond donors (Lipinski definition) is 0. The standard InChI is InChI=1S/C13H13N3O3/c1-7(2)16-12-8(4-5-10(14-12)18-3)9-6-19-15-11(9)13(16)17/h4-7H,1-3H3. The summed E-state index contributed by atoms with van der Waals surface area (Å²) in [4.78, 5) is 16.8. The van der Waals surface area contributed by atoms with Crippen LogP contribution in [-0.2, 0) is 0 Å². The summed E-state index contributed by atoms with van der Waals surface area (Å²) < 4.78 is 11.6. The van der Waals surface area contributed by atoms with Crippen LogP contribution in [0.15, 0.2) is 27.7 Å². The zero-order valence-corrected chi connectivity index (χ0v) is 10.9. The molecule has 19 heavy (non-hydrogen) atoms. The van der Waals surface area contributed by atoms with Crippen LogP contribution in [0.1, 0.15) is 19.9 Å².